The number of hydrogen-bond acceptors (Lipinski definition) is 1. The van der Waals surface area contributed by atoms with Gasteiger partial charge in [-0.3, -0.25) is 4.98 Å². The molecule has 0 saturated carbocycles. The van der Waals surface area contributed by atoms with E-state index in [1.54, 1.807) is 0 Å². The molecule has 0 aliphatic heterocycles. The lowest BCUT2D eigenvalue weighted by Crippen LogP contribution is -2.10. The Kier molecular flexibility index (Phi) is 3.65. The van der Waals surface area contributed by atoms with Gasteiger partial charge in [0.05, 0.1) is 11.1 Å². The molecule has 0 spiro atoms. The van der Waals surface area contributed by atoms with Gasteiger partial charge in [-0.05, 0) is 18.2 Å². The highest BCUT2D eigenvalue weighted by Crippen LogP contribution is 2.35. The van der Waals surface area contributed by atoms with Crippen molar-refractivity contribution in [2.75, 3.05) is 0 Å². The molecule has 21 heavy (non-hydrogen) atoms. The molecule has 0 radical (unpaired) electrons. The molecule has 112 valence electrons. The summed E-state index contributed by atoms with van der Waals surface area (Å²) in [5.74, 6) is -1.62. The van der Waals surface area contributed by atoms with Gasteiger partial charge in [0.25, 0.3) is 0 Å². The van der Waals surface area contributed by atoms with E-state index in [9.17, 15) is 30.7 Å². The molecule has 0 saturated heterocycles. The minimum absolute atomic E-state index is 0.174. The molecule has 2 rings (SSSR count). The zero-order valence-electron chi connectivity index (χ0n) is 10.1. The topological polar surface area (TPSA) is 12.9 Å². The quantitative estimate of drug-likeness (QED) is 0.681. The number of rotatable bonds is 1. The summed E-state index contributed by atoms with van der Waals surface area (Å²) >= 11 is 0. The van der Waals surface area contributed by atoms with Gasteiger partial charge in [-0.15, -0.1) is 0 Å². The summed E-state index contributed by atoms with van der Waals surface area (Å²) in [5.41, 5.74) is -3.34. The lowest BCUT2D eigenvalue weighted by atomic mass is 10.1. The van der Waals surface area contributed by atoms with Gasteiger partial charge in [-0.25, -0.2) is 4.39 Å². The van der Waals surface area contributed by atoms with E-state index < -0.39 is 35.0 Å². The van der Waals surface area contributed by atoms with E-state index in [-0.39, 0.29) is 5.56 Å². The molecule has 0 aliphatic carbocycles. The Balaban J connectivity index is 2.48. The minimum Gasteiger partial charge on any atom is -0.253 e. The predicted molar refractivity (Wildman–Crippen MR) is 59.6 cm³/mol. The van der Waals surface area contributed by atoms with Crippen LogP contribution in [0.25, 0.3) is 11.3 Å². The van der Waals surface area contributed by atoms with Gasteiger partial charge < -0.3 is 0 Å². The van der Waals surface area contributed by atoms with E-state index in [4.69, 9.17) is 0 Å². The number of halogens is 7. The van der Waals surface area contributed by atoms with Gasteiger partial charge in [0.1, 0.15) is 5.69 Å². The number of aromatic nitrogens is 1. The maximum atomic E-state index is 13.8. The van der Waals surface area contributed by atoms with Gasteiger partial charge in [0.15, 0.2) is 5.82 Å². The summed E-state index contributed by atoms with van der Waals surface area (Å²) in [6.45, 7) is 0. The van der Waals surface area contributed by atoms with Crippen molar-refractivity contribution in [3.8, 4) is 11.3 Å². The lowest BCUT2D eigenvalue weighted by Gasteiger charge is -2.11. The molecule has 0 N–H and O–H groups in total. The fourth-order valence-corrected chi connectivity index (χ4v) is 1.68. The Labute approximate surface area is 114 Å². The van der Waals surface area contributed by atoms with Crippen molar-refractivity contribution in [3.63, 3.8) is 0 Å². The van der Waals surface area contributed by atoms with Crippen molar-refractivity contribution < 1.29 is 30.7 Å². The third-order valence-electron chi connectivity index (χ3n) is 2.68. The van der Waals surface area contributed by atoms with Crippen molar-refractivity contribution in [2.45, 2.75) is 12.4 Å². The number of alkyl halides is 6. The zero-order chi connectivity index (χ0) is 15.8. The molecule has 2 aromatic rings. The molecule has 0 aliphatic rings. The number of hydrogen-bond donors (Lipinski definition) is 0. The van der Waals surface area contributed by atoms with Crippen LogP contribution in [0, 0.1) is 5.82 Å². The average molecular weight is 309 g/mol. The minimum atomic E-state index is -4.91. The monoisotopic (exact) mass is 309 g/mol. The van der Waals surface area contributed by atoms with Crippen LogP contribution in [0.1, 0.15) is 11.1 Å². The molecule has 0 amide bonds. The van der Waals surface area contributed by atoms with Gasteiger partial charge in [0, 0.05) is 11.8 Å². The standard InChI is InChI=1S/C13H6F7N/c14-10-9(13(18,19)20)5-6-21-11(10)7-1-3-8(4-2-7)12(15,16)17/h1-6H. The largest absolute Gasteiger partial charge is 0.419 e. The summed E-state index contributed by atoms with van der Waals surface area (Å²) < 4.78 is 88.6. The van der Waals surface area contributed by atoms with Gasteiger partial charge >= 0.3 is 12.4 Å². The second-order valence-corrected chi connectivity index (χ2v) is 4.09. The highest BCUT2D eigenvalue weighted by Gasteiger charge is 2.35. The maximum absolute atomic E-state index is 13.8. The fraction of sp³-hybridized carbons (Fsp3) is 0.154. The van der Waals surface area contributed by atoms with Crippen LogP contribution >= 0.6 is 0 Å². The molecule has 1 aromatic carbocycles. The molecule has 8 heteroatoms. The molecule has 0 bridgehead atoms. The van der Waals surface area contributed by atoms with Crippen molar-refractivity contribution in [1.29, 1.82) is 0 Å². The summed E-state index contributed by atoms with van der Waals surface area (Å²) in [4.78, 5) is 3.46. The van der Waals surface area contributed by atoms with Crippen molar-refractivity contribution in [2.24, 2.45) is 0 Å². The van der Waals surface area contributed by atoms with Crippen LogP contribution in [0.4, 0.5) is 30.7 Å². The van der Waals surface area contributed by atoms with Crippen LogP contribution in [0.15, 0.2) is 36.5 Å². The van der Waals surface area contributed by atoms with E-state index in [1.165, 1.54) is 0 Å². The smallest absolute Gasteiger partial charge is 0.253 e. The Hall–Kier alpha value is -2.12. The number of benzene rings is 1. The average Bonchev–Trinajstić information content (AvgIpc) is 2.37. The van der Waals surface area contributed by atoms with Crippen LogP contribution in [-0.4, -0.2) is 4.98 Å². The van der Waals surface area contributed by atoms with Crippen molar-refractivity contribution in [3.05, 3.63) is 53.5 Å². The summed E-state index contributed by atoms with van der Waals surface area (Å²) in [6, 6.07) is 3.50. The maximum Gasteiger partial charge on any atom is 0.419 e. The SMILES string of the molecule is Fc1c(C(F)(F)F)ccnc1-c1ccc(C(F)(F)F)cc1. The molecule has 1 heterocycles. The summed E-state index contributed by atoms with van der Waals surface area (Å²) in [7, 11) is 0. The Bertz CT molecular complexity index is 641. The first-order valence-corrected chi connectivity index (χ1v) is 5.50. The summed E-state index contributed by atoms with van der Waals surface area (Å²) in [6.07, 6.45) is -8.75. The van der Waals surface area contributed by atoms with Crippen LogP contribution in [0.5, 0.6) is 0 Å². The molecule has 1 nitrogen and oxygen atoms in total. The van der Waals surface area contributed by atoms with E-state index in [0.717, 1.165) is 18.3 Å². The Morgan fingerprint density at radius 2 is 1.33 bits per heavy atom. The van der Waals surface area contributed by atoms with Gasteiger partial charge in [-0.2, -0.15) is 26.3 Å². The molecule has 0 fully saturated rings. The number of pyridine rings is 1. The van der Waals surface area contributed by atoms with E-state index in [2.05, 4.69) is 4.98 Å². The third kappa shape index (κ3) is 3.14. The second kappa shape index (κ2) is 5.01. The molecule has 0 unspecified atom stereocenters. The summed E-state index contributed by atoms with van der Waals surface area (Å²) in [5, 5.41) is 0. The Morgan fingerprint density at radius 3 is 1.81 bits per heavy atom. The van der Waals surface area contributed by atoms with Crippen LogP contribution in [-0.2, 0) is 12.4 Å². The second-order valence-electron chi connectivity index (χ2n) is 4.09. The normalized spacial score (nSPS) is 12.5. The highest BCUT2D eigenvalue weighted by atomic mass is 19.4. The van der Waals surface area contributed by atoms with E-state index >= 15 is 0 Å². The first kappa shape index (κ1) is 15.3. The molecule has 0 atom stereocenters. The molecular weight excluding hydrogens is 303 g/mol. The van der Waals surface area contributed by atoms with E-state index in [1.807, 2.05) is 0 Å². The first-order valence-electron chi connectivity index (χ1n) is 5.50. The van der Waals surface area contributed by atoms with Crippen LogP contribution in [0.3, 0.4) is 0 Å². The van der Waals surface area contributed by atoms with Crippen LogP contribution < -0.4 is 0 Å². The number of nitrogens with zero attached hydrogens (tertiary/aromatic N) is 1. The Morgan fingerprint density at radius 1 is 0.762 bits per heavy atom. The van der Waals surface area contributed by atoms with E-state index in [0.29, 0.717) is 18.2 Å². The van der Waals surface area contributed by atoms with Crippen LogP contribution in [0.2, 0.25) is 0 Å². The van der Waals surface area contributed by atoms with Crippen molar-refractivity contribution in [1.82, 2.24) is 4.98 Å². The molecular formula is C13H6F7N. The molecule has 1 aromatic heterocycles. The van der Waals surface area contributed by atoms with Crippen molar-refractivity contribution >= 4 is 0 Å². The fourth-order valence-electron chi connectivity index (χ4n) is 1.68. The predicted octanol–water partition coefficient (Wildman–Crippen LogP) is 4.93. The van der Waals surface area contributed by atoms with Gasteiger partial charge in [0.2, 0.25) is 0 Å². The third-order valence-corrected chi connectivity index (χ3v) is 2.68. The van der Waals surface area contributed by atoms with Gasteiger partial charge in [-0.1, -0.05) is 12.1 Å². The highest BCUT2D eigenvalue weighted by molar-refractivity contribution is 5.61. The lowest BCUT2D eigenvalue weighted by molar-refractivity contribution is -0.140. The zero-order valence-corrected chi connectivity index (χ0v) is 10.1. The first-order chi connectivity index (χ1) is 9.60.